The summed E-state index contributed by atoms with van der Waals surface area (Å²) in [4.78, 5) is 16.0. The predicted octanol–water partition coefficient (Wildman–Crippen LogP) is 0.665. The largest absolute Gasteiger partial charge is 0.378 e. The highest BCUT2D eigenvalue weighted by Crippen LogP contribution is 2.33. The van der Waals surface area contributed by atoms with Gasteiger partial charge in [0.05, 0.1) is 25.4 Å². The summed E-state index contributed by atoms with van der Waals surface area (Å²) in [5.41, 5.74) is -0.163. The summed E-state index contributed by atoms with van der Waals surface area (Å²) >= 11 is 5.66. The van der Waals surface area contributed by atoms with Gasteiger partial charge in [-0.25, -0.2) is 0 Å². The van der Waals surface area contributed by atoms with Crippen LogP contribution >= 0.6 is 11.6 Å². The van der Waals surface area contributed by atoms with Crippen LogP contribution in [0.25, 0.3) is 0 Å². The monoisotopic (exact) mass is 288 g/mol. The normalized spacial score (nSPS) is 36.3. The molecule has 5 nitrogen and oxygen atoms in total. The number of piperidine rings is 1. The van der Waals surface area contributed by atoms with Gasteiger partial charge >= 0.3 is 0 Å². The molecule has 0 aromatic rings. The molecule has 0 bridgehead atoms. The van der Waals surface area contributed by atoms with E-state index in [0.29, 0.717) is 32.5 Å². The van der Waals surface area contributed by atoms with Gasteiger partial charge in [-0.2, -0.15) is 0 Å². The number of nitrogens with zero attached hydrogens (tertiary/aromatic N) is 2. The van der Waals surface area contributed by atoms with Gasteiger partial charge in [0.15, 0.2) is 0 Å². The molecule has 0 radical (unpaired) electrons. The number of carbonyl (C=O) groups is 1. The lowest BCUT2D eigenvalue weighted by Gasteiger charge is -2.55. The fourth-order valence-electron chi connectivity index (χ4n) is 3.56. The summed E-state index contributed by atoms with van der Waals surface area (Å²) in [5, 5.41) is 0. The Morgan fingerprint density at radius 1 is 1.32 bits per heavy atom. The maximum absolute atomic E-state index is 11.8. The van der Waals surface area contributed by atoms with Crippen molar-refractivity contribution in [1.29, 1.82) is 0 Å². The van der Waals surface area contributed by atoms with Gasteiger partial charge in [0.25, 0.3) is 0 Å². The number of alkyl halides is 1. The number of fused-ring (bicyclic) bond motifs is 2. The van der Waals surface area contributed by atoms with Gasteiger partial charge in [-0.05, 0) is 19.4 Å². The molecule has 19 heavy (non-hydrogen) atoms. The minimum absolute atomic E-state index is 0.0176. The van der Waals surface area contributed by atoms with Gasteiger partial charge in [0.1, 0.15) is 12.6 Å². The molecule has 0 aromatic carbocycles. The Labute approximate surface area is 118 Å². The zero-order valence-electron chi connectivity index (χ0n) is 11.1. The molecule has 0 N–H and O–H groups in total. The standard InChI is InChI=1S/C13H21ClN2O3/c14-5-12(17)15-7-13(9-19-10-15)8-18-6-11-3-1-2-4-16(11)13/h11H,1-10H2/t11-,13-/m1/s1. The molecule has 0 aromatic heterocycles. The van der Waals surface area contributed by atoms with Crippen molar-refractivity contribution in [2.75, 3.05) is 45.5 Å². The van der Waals surface area contributed by atoms with E-state index in [1.165, 1.54) is 19.3 Å². The molecule has 3 rings (SSSR count). The van der Waals surface area contributed by atoms with Crippen molar-refractivity contribution in [2.45, 2.75) is 30.8 Å². The van der Waals surface area contributed by atoms with Crippen LogP contribution in [0.5, 0.6) is 0 Å². The highest BCUT2D eigenvalue weighted by Gasteiger charge is 2.48. The summed E-state index contributed by atoms with van der Waals surface area (Å²) in [5.74, 6) is -0.0381. The third-order valence-corrected chi connectivity index (χ3v) is 4.72. The van der Waals surface area contributed by atoms with Crippen molar-refractivity contribution in [3.05, 3.63) is 0 Å². The van der Waals surface area contributed by atoms with Crippen LogP contribution in [0.1, 0.15) is 19.3 Å². The minimum atomic E-state index is -0.163. The van der Waals surface area contributed by atoms with Crippen LogP contribution in [0.3, 0.4) is 0 Å². The molecule has 1 spiro atoms. The number of hydrogen-bond donors (Lipinski definition) is 0. The molecule has 2 atom stereocenters. The number of ether oxygens (including phenoxy) is 2. The topological polar surface area (TPSA) is 42.0 Å². The highest BCUT2D eigenvalue weighted by molar-refractivity contribution is 6.27. The first-order chi connectivity index (χ1) is 9.25. The van der Waals surface area contributed by atoms with E-state index < -0.39 is 0 Å². The number of halogens is 1. The predicted molar refractivity (Wildman–Crippen MR) is 71.1 cm³/mol. The van der Waals surface area contributed by atoms with Gasteiger partial charge in [0, 0.05) is 12.6 Å². The Bertz CT molecular complexity index is 349. The second-order valence-corrected chi connectivity index (χ2v) is 6.05. The van der Waals surface area contributed by atoms with E-state index in [1.807, 2.05) is 0 Å². The third kappa shape index (κ3) is 2.49. The van der Waals surface area contributed by atoms with E-state index in [0.717, 1.165) is 13.2 Å². The molecular weight excluding hydrogens is 268 g/mol. The van der Waals surface area contributed by atoms with Crippen LogP contribution in [0.2, 0.25) is 0 Å². The Balaban J connectivity index is 1.78. The first kappa shape index (κ1) is 13.6. The van der Waals surface area contributed by atoms with Crippen LogP contribution in [-0.2, 0) is 14.3 Å². The fourth-order valence-corrected chi connectivity index (χ4v) is 3.73. The molecular formula is C13H21ClN2O3. The van der Waals surface area contributed by atoms with Gasteiger partial charge < -0.3 is 14.4 Å². The zero-order valence-corrected chi connectivity index (χ0v) is 11.9. The minimum Gasteiger partial charge on any atom is -0.378 e. The van der Waals surface area contributed by atoms with Crippen molar-refractivity contribution in [3.63, 3.8) is 0 Å². The van der Waals surface area contributed by atoms with Crippen LogP contribution in [0.4, 0.5) is 0 Å². The Kier molecular flexibility index (Phi) is 3.98. The Hall–Kier alpha value is -0.360. The number of carbonyl (C=O) groups excluding carboxylic acids is 1. The quantitative estimate of drug-likeness (QED) is 0.665. The summed E-state index contributed by atoms with van der Waals surface area (Å²) in [6.45, 7) is 4.22. The van der Waals surface area contributed by atoms with Crippen molar-refractivity contribution >= 4 is 17.5 Å². The van der Waals surface area contributed by atoms with Crippen LogP contribution < -0.4 is 0 Å². The van der Waals surface area contributed by atoms with Crippen molar-refractivity contribution in [1.82, 2.24) is 9.80 Å². The molecule has 0 unspecified atom stereocenters. The average molecular weight is 289 g/mol. The molecule has 6 heteroatoms. The first-order valence-corrected chi connectivity index (χ1v) is 7.55. The highest BCUT2D eigenvalue weighted by atomic mass is 35.5. The van der Waals surface area contributed by atoms with E-state index in [9.17, 15) is 4.79 Å². The zero-order chi connectivity index (χ0) is 13.3. The number of amides is 1. The second-order valence-electron chi connectivity index (χ2n) is 5.79. The molecule has 0 aliphatic carbocycles. The van der Waals surface area contributed by atoms with E-state index >= 15 is 0 Å². The van der Waals surface area contributed by atoms with E-state index in [2.05, 4.69) is 4.90 Å². The Morgan fingerprint density at radius 2 is 2.16 bits per heavy atom. The molecule has 3 aliphatic rings. The lowest BCUT2D eigenvalue weighted by atomic mass is 9.88. The molecule has 3 saturated heterocycles. The molecule has 108 valence electrons. The number of hydrogen-bond acceptors (Lipinski definition) is 4. The van der Waals surface area contributed by atoms with Gasteiger partial charge in [-0.15, -0.1) is 11.6 Å². The molecule has 1 amide bonds. The van der Waals surface area contributed by atoms with Gasteiger partial charge in [0.2, 0.25) is 5.91 Å². The van der Waals surface area contributed by atoms with Crippen molar-refractivity contribution < 1.29 is 14.3 Å². The van der Waals surface area contributed by atoms with Crippen LogP contribution in [-0.4, -0.2) is 72.8 Å². The van der Waals surface area contributed by atoms with Gasteiger partial charge in [-0.1, -0.05) is 6.42 Å². The lowest BCUT2D eigenvalue weighted by Crippen LogP contribution is -2.71. The SMILES string of the molecule is O=C(CCl)N1COC[C@]2(COC[C@H]3CCCCN32)C1. The van der Waals surface area contributed by atoms with Crippen LogP contribution in [0, 0.1) is 0 Å². The van der Waals surface area contributed by atoms with Crippen LogP contribution in [0.15, 0.2) is 0 Å². The Morgan fingerprint density at radius 3 is 3.00 bits per heavy atom. The van der Waals surface area contributed by atoms with E-state index in [4.69, 9.17) is 21.1 Å². The number of morpholine rings is 1. The van der Waals surface area contributed by atoms with E-state index in [1.54, 1.807) is 4.90 Å². The molecule has 3 aliphatic heterocycles. The summed E-state index contributed by atoms with van der Waals surface area (Å²) in [6, 6.07) is 0.483. The summed E-state index contributed by atoms with van der Waals surface area (Å²) in [6.07, 6.45) is 3.68. The lowest BCUT2D eigenvalue weighted by molar-refractivity contribution is -0.192. The molecule has 0 saturated carbocycles. The number of rotatable bonds is 1. The van der Waals surface area contributed by atoms with Gasteiger partial charge in [-0.3, -0.25) is 9.69 Å². The maximum Gasteiger partial charge on any atom is 0.239 e. The second kappa shape index (κ2) is 5.56. The smallest absolute Gasteiger partial charge is 0.239 e. The summed E-state index contributed by atoms with van der Waals surface area (Å²) < 4.78 is 11.5. The maximum atomic E-state index is 11.8. The first-order valence-electron chi connectivity index (χ1n) is 7.01. The van der Waals surface area contributed by atoms with Crippen molar-refractivity contribution in [2.24, 2.45) is 0 Å². The summed E-state index contributed by atoms with van der Waals surface area (Å²) in [7, 11) is 0. The fraction of sp³-hybridized carbons (Fsp3) is 0.923. The average Bonchev–Trinajstić information content (AvgIpc) is 2.47. The molecule has 3 heterocycles. The van der Waals surface area contributed by atoms with Crippen molar-refractivity contribution in [3.8, 4) is 0 Å². The van der Waals surface area contributed by atoms with E-state index in [-0.39, 0.29) is 17.3 Å². The molecule has 3 fully saturated rings. The third-order valence-electron chi connectivity index (χ3n) is 4.49.